The number of piperazine rings is 1. The standard InChI is InChI=1S/C15H24N2O/c1-4-16-9-10-17(11-12(16)2)15-7-5-14(6-8-15)13(3)18/h5-8,12-13,18H,4,9-11H2,1-3H3. The maximum atomic E-state index is 9.51. The topological polar surface area (TPSA) is 26.7 Å². The molecule has 1 aromatic carbocycles. The quantitative estimate of drug-likeness (QED) is 0.889. The van der Waals surface area contributed by atoms with Gasteiger partial charge in [-0.25, -0.2) is 0 Å². The van der Waals surface area contributed by atoms with Crippen molar-refractivity contribution in [1.82, 2.24) is 4.90 Å². The second-order valence-corrected chi connectivity index (χ2v) is 5.19. The first-order chi connectivity index (χ1) is 8.61. The molecule has 0 aromatic heterocycles. The van der Waals surface area contributed by atoms with E-state index in [1.54, 1.807) is 6.92 Å². The van der Waals surface area contributed by atoms with Crippen molar-refractivity contribution in [3.05, 3.63) is 29.8 Å². The van der Waals surface area contributed by atoms with Crippen molar-refractivity contribution in [2.75, 3.05) is 31.1 Å². The molecular weight excluding hydrogens is 224 g/mol. The van der Waals surface area contributed by atoms with Gasteiger partial charge in [-0.3, -0.25) is 4.90 Å². The van der Waals surface area contributed by atoms with Crippen LogP contribution in [0.3, 0.4) is 0 Å². The summed E-state index contributed by atoms with van der Waals surface area (Å²) in [7, 11) is 0. The fraction of sp³-hybridized carbons (Fsp3) is 0.600. The number of aliphatic hydroxyl groups is 1. The third kappa shape index (κ3) is 2.85. The Morgan fingerprint density at radius 1 is 1.28 bits per heavy atom. The highest BCUT2D eigenvalue weighted by atomic mass is 16.3. The van der Waals surface area contributed by atoms with Crippen LogP contribution >= 0.6 is 0 Å². The molecule has 0 bridgehead atoms. The van der Waals surface area contributed by atoms with Crippen LogP contribution in [-0.4, -0.2) is 42.2 Å². The lowest BCUT2D eigenvalue weighted by molar-refractivity contribution is 0.198. The first-order valence-electron chi connectivity index (χ1n) is 6.89. The van der Waals surface area contributed by atoms with E-state index >= 15 is 0 Å². The normalized spacial score (nSPS) is 23.1. The maximum Gasteiger partial charge on any atom is 0.0761 e. The minimum atomic E-state index is -0.380. The zero-order valence-electron chi connectivity index (χ0n) is 11.6. The summed E-state index contributed by atoms with van der Waals surface area (Å²) in [6.07, 6.45) is -0.380. The van der Waals surface area contributed by atoms with Crippen molar-refractivity contribution in [3.63, 3.8) is 0 Å². The molecule has 2 unspecified atom stereocenters. The van der Waals surface area contributed by atoms with E-state index < -0.39 is 0 Å². The summed E-state index contributed by atoms with van der Waals surface area (Å²) in [5.74, 6) is 0. The van der Waals surface area contributed by atoms with Gasteiger partial charge in [-0.05, 0) is 38.1 Å². The Bertz CT molecular complexity index is 375. The number of hydrogen-bond donors (Lipinski definition) is 1. The van der Waals surface area contributed by atoms with Crippen molar-refractivity contribution in [1.29, 1.82) is 0 Å². The zero-order valence-corrected chi connectivity index (χ0v) is 11.6. The van der Waals surface area contributed by atoms with E-state index in [1.807, 2.05) is 12.1 Å². The number of rotatable bonds is 3. The molecule has 0 amide bonds. The number of likely N-dealkylation sites (N-methyl/N-ethyl adjacent to an activating group) is 1. The summed E-state index contributed by atoms with van der Waals surface area (Å²) in [6.45, 7) is 10.8. The molecule has 1 N–H and O–H groups in total. The Labute approximate surface area is 110 Å². The molecule has 1 fully saturated rings. The van der Waals surface area contributed by atoms with E-state index in [0.29, 0.717) is 6.04 Å². The second kappa shape index (κ2) is 5.72. The average Bonchev–Trinajstić information content (AvgIpc) is 2.38. The molecule has 100 valence electrons. The van der Waals surface area contributed by atoms with E-state index in [1.165, 1.54) is 5.69 Å². The monoisotopic (exact) mass is 248 g/mol. The van der Waals surface area contributed by atoms with Gasteiger partial charge in [0, 0.05) is 31.4 Å². The molecule has 1 heterocycles. The van der Waals surface area contributed by atoms with Gasteiger partial charge in [-0.15, -0.1) is 0 Å². The predicted octanol–water partition coefficient (Wildman–Crippen LogP) is 2.27. The summed E-state index contributed by atoms with van der Waals surface area (Å²) in [5.41, 5.74) is 2.25. The Balaban J connectivity index is 2.04. The zero-order chi connectivity index (χ0) is 13.1. The highest BCUT2D eigenvalue weighted by Gasteiger charge is 2.22. The lowest BCUT2D eigenvalue weighted by Crippen LogP contribution is -2.51. The summed E-state index contributed by atoms with van der Waals surface area (Å²) in [4.78, 5) is 4.95. The van der Waals surface area contributed by atoms with Crippen molar-refractivity contribution in [2.24, 2.45) is 0 Å². The highest BCUT2D eigenvalue weighted by molar-refractivity contribution is 5.48. The first-order valence-corrected chi connectivity index (χ1v) is 6.89. The van der Waals surface area contributed by atoms with E-state index in [9.17, 15) is 5.11 Å². The average molecular weight is 248 g/mol. The fourth-order valence-corrected chi connectivity index (χ4v) is 2.66. The van der Waals surface area contributed by atoms with Crippen molar-refractivity contribution in [3.8, 4) is 0 Å². The molecule has 0 saturated carbocycles. The molecule has 0 aliphatic carbocycles. The van der Waals surface area contributed by atoms with E-state index in [4.69, 9.17) is 0 Å². The molecule has 2 rings (SSSR count). The van der Waals surface area contributed by atoms with Crippen LogP contribution in [0.2, 0.25) is 0 Å². The summed E-state index contributed by atoms with van der Waals surface area (Å²) >= 11 is 0. The second-order valence-electron chi connectivity index (χ2n) is 5.19. The number of benzene rings is 1. The molecule has 0 radical (unpaired) electrons. The van der Waals surface area contributed by atoms with Crippen LogP contribution in [0, 0.1) is 0 Å². The molecule has 3 nitrogen and oxygen atoms in total. The number of aliphatic hydroxyl groups excluding tert-OH is 1. The molecule has 1 aromatic rings. The van der Waals surface area contributed by atoms with Gasteiger partial charge >= 0.3 is 0 Å². The minimum Gasteiger partial charge on any atom is -0.389 e. The summed E-state index contributed by atoms with van der Waals surface area (Å²) in [6, 6.07) is 8.90. The van der Waals surface area contributed by atoms with Crippen LogP contribution in [0.1, 0.15) is 32.4 Å². The Kier molecular flexibility index (Phi) is 4.25. The number of anilines is 1. The number of hydrogen-bond acceptors (Lipinski definition) is 3. The van der Waals surface area contributed by atoms with Crippen molar-refractivity contribution in [2.45, 2.75) is 32.9 Å². The summed E-state index contributed by atoms with van der Waals surface area (Å²) < 4.78 is 0. The predicted molar refractivity (Wildman–Crippen MR) is 76.0 cm³/mol. The Morgan fingerprint density at radius 3 is 2.44 bits per heavy atom. The van der Waals surface area contributed by atoms with Crippen LogP contribution in [0.4, 0.5) is 5.69 Å². The lowest BCUT2D eigenvalue weighted by atomic mass is 10.1. The maximum absolute atomic E-state index is 9.51. The van der Waals surface area contributed by atoms with Crippen molar-refractivity contribution < 1.29 is 5.11 Å². The SMILES string of the molecule is CCN1CCN(c2ccc(C(C)O)cc2)CC1C. The summed E-state index contributed by atoms with van der Waals surface area (Å²) in [5, 5.41) is 9.51. The minimum absolute atomic E-state index is 0.380. The van der Waals surface area contributed by atoms with Crippen LogP contribution in [0.15, 0.2) is 24.3 Å². The van der Waals surface area contributed by atoms with Gasteiger partial charge in [-0.1, -0.05) is 19.1 Å². The van der Waals surface area contributed by atoms with Crippen LogP contribution in [0.25, 0.3) is 0 Å². The van der Waals surface area contributed by atoms with Crippen LogP contribution < -0.4 is 4.90 Å². The van der Waals surface area contributed by atoms with Gasteiger partial charge in [-0.2, -0.15) is 0 Å². The largest absolute Gasteiger partial charge is 0.389 e. The van der Waals surface area contributed by atoms with E-state index in [2.05, 4.69) is 35.8 Å². The molecule has 1 aliphatic rings. The van der Waals surface area contributed by atoms with Gasteiger partial charge in [0.25, 0.3) is 0 Å². The van der Waals surface area contributed by atoms with Gasteiger partial charge < -0.3 is 10.0 Å². The third-order valence-corrected chi connectivity index (χ3v) is 3.91. The van der Waals surface area contributed by atoms with Crippen LogP contribution in [-0.2, 0) is 0 Å². The third-order valence-electron chi connectivity index (χ3n) is 3.91. The smallest absolute Gasteiger partial charge is 0.0761 e. The fourth-order valence-electron chi connectivity index (χ4n) is 2.66. The number of nitrogens with zero attached hydrogens (tertiary/aromatic N) is 2. The molecule has 1 saturated heterocycles. The van der Waals surface area contributed by atoms with Gasteiger partial charge in [0.05, 0.1) is 6.10 Å². The molecule has 18 heavy (non-hydrogen) atoms. The Hall–Kier alpha value is -1.06. The molecule has 1 aliphatic heterocycles. The molecule has 2 atom stereocenters. The molecule has 3 heteroatoms. The first kappa shape index (κ1) is 13.4. The van der Waals surface area contributed by atoms with Gasteiger partial charge in [0.15, 0.2) is 0 Å². The van der Waals surface area contributed by atoms with E-state index in [0.717, 1.165) is 31.7 Å². The molecular formula is C15H24N2O. The molecule has 0 spiro atoms. The van der Waals surface area contributed by atoms with Crippen molar-refractivity contribution >= 4 is 5.69 Å². The van der Waals surface area contributed by atoms with E-state index in [-0.39, 0.29) is 6.10 Å². The van der Waals surface area contributed by atoms with Gasteiger partial charge in [0.2, 0.25) is 0 Å². The van der Waals surface area contributed by atoms with Gasteiger partial charge in [0.1, 0.15) is 0 Å². The highest BCUT2D eigenvalue weighted by Crippen LogP contribution is 2.21. The van der Waals surface area contributed by atoms with Crippen LogP contribution in [0.5, 0.6) is 0 Å². The lowest BCUT2D eigenvalue weighted by Gasteiger charge is -2.40. The Morgan fingerprint density at radius 2 is 1.94 bits per heavy atom.